The second-order valence-electron chi connectivity index (χ2n) is 6.41. The molecule has 24 heavy (non-hydrogen) atoms. The van der Waals surface area contributed by atoms with Crippen LogP contribution in [0.25, 0.3) is 0 Å². The number of guanidine groups is 1. The van der Waals surface area contributed by atoms with Gasteiger partial charge in [0.25, 0.3) is 0 Å². The fraction of sp³-hybridized carbons (Fsp3) is 0.706. The Labute approximate surface area is 167 Å². The third-order valence-corrected chi connectivity index (χ3v) is 5.49. The number of rotatable bonds is 6. The van der Waals surface area contributed by atoms with Crippen LogP contribution >= 0.6 is 35.3 Å². The van der Waals surface area contributed by atoms with E-state index in [0.29, 0.717) is 12.0 Å². The largest absolute Gasteiger partial charge is 0.357 e. The second kappa shape index (κ2) is 11.3. The molecule has 1 aliphatic heterocycles. The van der Waals surface area contributed by atoms with E-state index in [9.17, 15) is 0 Å². The van der Waals surface area contributed by atoms with Gasteiger partial charge in [0.1, 0.15) is 0 Å². The van der Waals surface area contributed by atoms with Crippen LogP contribution in [0.3, 0.4) is 0 Å². The summed E-state index contributed by atoms with van der Waals surface area (Å²) < 4.78 is 0. The lowest BCUT2D eigenvalue weighted by Crippen LogP contribution is -2.55. The molecule has 1 aliphatic rings. The van der Waals surface area contributed by atoms with Crippen LogP contribution in [-0.2, 0) is 0 Å². The highest BCUT2D eigenvalue weighted by Gasteiger charge is 2.22. The van der Waals surface area contributed by atoms with Gasteiger partial charge in [-0.05, 0) is 32.5 Å². The van der Waals surface area contributed by atoms with Crippen LogP contribution in [0, 0.1) is 0 Å². The number of nitrogens with one attached hydrogen (secondary N) is 2. The van der Waals surface area contributed by atoms with Gasteiger partial charge in [-0.1, -0.05) is 13.0 Å². The van der Waals surface area contributed by atoms with Gasteiger partial charge >= 0.3 is 0 Å². The molecule has 138 valence electrons. The summed E-state index contributed by atoms with van der Waals surface area (Å²) in [4.78, 5) is 11.0. The zero-order chi connectivity index (χ0) is 16.7. The van der Waals surface area contributed by atoms with Crippen molar-refractivity contribution in [2.24, 2.45) is 4.99 Å². The van der Waals surface area contributed by atoms with E-state index in [1.807, 2.05) is 11.3 Å². The summed E-state index contributed by atoms with van der Waals surface area (Å²) >= 11 is 1.81. The molecule has 0 amide bonds. The molecule has 0 spiro atoms. The molecular weight excluding hydrogens is 433 g/mol. The molecule has 0 radical (unpaired) electrons. The Morgan fingerprint density at radius 2 is 2.17 bits per heavy atom. The summed E-state index contributed by atoms with van der Waals surface area (Å²) in [6.07, 6.45) is 0. The van der Waals surface area contributed by atoms with Crippen LogP contribution in [0.4, 0.5) is 0 Å². The molecule has 2 unspecified atom stereocenters. The first-order valence-electron chi connectivity index (χ1n) is 8.54. The second-order valence-corrected chi connectivity index (χ2v) is 7.39. The third kappa shape index (κ3) is 6.85. The average Bonchev–Trinajstić information content (AvgIpc) is 3.07. The highest BCUT2D eigenvalue weighted by atomic mass is 127. The maximum absolute atomic E-state index is 4.77. The molecule has 1 aromatic rings. The van der Waals surface area contributed by atoms with E-state index in [1.54, 1.807) is 0 Å². The van der Waals surface area contributed by atoms with Crippen LogP contribution in [0.2, 0.25) is 0 Å². The van der Waals surface area contributed by atoms with E-state index in [4.69, 9.17) is 4.99 Å². The molecule has 2 rings (SSSR count). The Kier molecular flexibility index (Phi) is 10.2. The Morgan fingerprint density at radius 1 is 1.38 bits per heavy atom. The van der Waals surface area contributed by atoms with E-state index in [2.05, 4.69) is 65.9 Å². The highest BCUT2D eigenvalue weighted by molar-refractivity contribution is 14.0. The summed E-state index contributed by atoms with van der Waals surface area (Å²) in [6, 6.07) is 4.84. The molecule has 1 aromatic heterocycles. The summed E-state index contributed by atoms with van der Waals surface area (Å²) in [6.45, 7) is 10.4. The fourth-order valence-electron chi connectivity index (χ4n) is 2.77. The zero-order valence-electron chi connectivity index (χ0n) is 15.3. The minimum atomic E-state index is 0. The molecule has 1 saturated heterocycles. The molecule has 7 heteroatoms. The summed E-state index contributed by atoms with van der Waals surface area (Å²) in [7, 11) is 4.41. The van der Waals surface area contributed by atoms with Gasteiger partial charge in [0.05, 0.1) is 6.54 Å². The van der Waals surface area contributed by atoms with Crippen molar-refractivity contribution in [3.8, 4) is 0 Å². The lowest BCUT2D eigenvalue weighted by Gasteiger charge is -2.37. The molecule has 2 heterocycles. The third-order valence-electron chi connectivity index (χ3n) is 4.38. The predicted molar refractivity (Wildman–Crippen MR) is 116 cm³/mol. The number of hydrogen-bond acceptors (Lipinski definition) is 4. The molecule has 0 bridgehead atoms. The standard InChI is InChI=1S/C17H31N5S.HI/c1-5-18-17(19-11-14(2)16-7-6-10-23-16)20-12-15-13-21(3)8-9-22(15)4;/h6-7,10,14-15H,5,8-9,11-13H2,1-4H3,(H2,18,19,20);1H. The van der Waals surface area contributed by atoms with Gasteiger partial charge in [-0.15, -0.1) is 35.3 Å². The Bertz CT molecular complexity index is 479. The van der Waals surface area contributed by atoms with Crippen molar-refractivity contribution in [1.29, 1.82) is 0 Å². The fourth-order valence-corrected chi connectivity index (χ4v) is 3.55. The maximum atomic E-state index is 4.77. The van der Waals surface area contributed by atoms with Crippen molar-refractivity contribution in [1.82, 2.24) is 20.4 Å². The van der Waals surface area contributed by atoms with Crippen LogP contribution in [-0.4, -0.2) is 75.2 Å². The predicted octanol–water partition coefficient (Wildman–Crippen LogP) is 2.27. The quantitative estimate of drug-likeness (QED) is 0.385. The smallest absolute Gasteiger partial charge is 0.191 e. The zero-order valence-corrected chi connectivity index (χ0v) is 18.4. The van der Waals surface area contributed by atoms with Crippen LogP contribution in [0.15, 0.2) is 22.5 Å². The van der Waals surface area contributed by atoms with Crippen molar-refractivity contribution >= 4 is 41.3 Å². The van der Waals surface area contributed by atoms with Crippen molar-refractivity contribution in [3.05, 3.63) is 22.4 Å². The van der Waals surface area contributed by atoms with E-state index < -0.39 is 0 Å². The van der Waals surface area contributed by atoms with Gasteiger partial charge in [-0.2, -0.15) is 0 Å². The minimum absolute atomic E-state index is 0. The van der Waals surface area contributed by atoms with Gasteiger partial charge in [0.2, 0.25) is 0 Å². The Balaban J connectivity index is 0.00000288. The van der Waals surface area contributed by atoms with Gasteiger partial charge < -0.3 is 15.5 Å². The number of halogens is 1. The van der Waals surface area contributed by atoms with Crippen molar-refractivity contribution < 1.29 is 0 Å². The summed E-state index contributed by atoms with van der Waals surface area (Å²) in [5.41, 5.74) is 0. The SMILES string of the molecule is CCNC(=NCC(C)c1cccs1)NCC1CN(C)CCN1C.I. The molecule has 2 atom stereocenters. The molecule has 2 N–H and O–H groups in total. The lowest BCUT2D eigenvalue weighted by molar-refractivity contribution is 0.116. The van der Waals surface area contributed by atoms with Crippen molar-refractivity contribution in [3.63, 3.8) is 0 Å². The first-order valence-corrected chi connectivity index (χ1v) is 9.42. The lowest BCUT2D eigenvalue weighted by atomic mass is 10.1. The van der Waals surface area contributed by atoms with E-state index in [0.717, 1.165) is 45.2 Å². The average molecular weight is 465 g/mol. The van der Waals surface area contributed by atoms with Gasteiger partial charge in [0.15, 0.2) is 5.96 Å². The molecule has 0 aliphatic carbocycles. The Hall–Kier alpha value is -0.380. The summed E-state index contributed by atoms with van der Waals surface area (Å²) in [5.74, 6) is 1.39. The minimum Gasteiger partial charge on any atom is -0.357 e. The monoisotopic (exact) mass is 465 g/mol. The van der Waals surface area contributed by atoms with Gasteiger partial charge in [0, 0.05) is 49.6 Å². The van der Waals surface area contributed by atoms with Crippen LogP contribution < -0.4 is 10.6 Å². The van der Waals surface area contributed by atoms with Gasteiger partial charge in [-0.3, -0.25) is 9.89 Å². The van der Waals surface area contributed by atoms with Crippen molar-refractivity contribution in [2.75, 3.05) is 53.4 Å². The van der Waals surface area contributed by atoms with Crippen LogP contribution in [0.1, 0.15) is 24.6 Å². The number of aliphatic imine (C=N–C) groups is 1. The number of thiophene rings is 1. The normalized spacial score (nSPS) is 21.2. The van der Waals surface area contributed by atoms with Crippen molar-refractivity contribution in [2.45, 2.75) is 25.8 Å². The van der Waals surface area contributed by atoms with E-state index in [1.165, 1.54) is 4.88 Å². The molecular formula is C17H32IN5S. The number of piperazine rings is 1. The molecule has 5 nitrogen and oxygen atoms in total. The first-order chi connectivity index (χ1) is 11.1. The van der Waals surface area contributed by atoms with E-state index in [-0.39, 0.29) is 24.0 Å². The maximum Gasteiger partial charge on any atom is 0.191 e. The molecule has 1 fully saturated rings. The first kappa shape index (κ1) is 21.7. The Morgan fingerprint density at radius 3 is 2.83 bits per heavy atom. The highest BCUT2D eigenvalue weighted by Crippen LogP contribution is 2.20. The number of likely N-dealkylation sites (N-methyl/N-ethyl adjacent to an activating group) is 2. The van der Waals surface area contributed by atoms with Crippen LogP contribution in [0.5, 0.6) is 0 Å². The van der Waals surface area contributed by atoms with E-state index >= 15 is 0 Å². The molecule has 0 saturated carbocycles. The molecule has 0 aromatic carbocycles. The topological polar surface area (TPSA) is 42.9 Å². The van der Waals surface area contributed by atoms with Gasteiger partial charge in [-0.25, -0.2) is 0 Å². The number of hydrogen-bond donors (Lipinski definition) is 2. The number of nitrogens with zero attached hydrogens (tertiary/aromatic N) is 3. The summed E-state index contributed by atoms with van der Waals surface area (Å²) in [5, 5.41) is 9.01.